The van der Waals surface area contributed by atoms with E-state index in [-0.39, 0.29) is 6.61 Å². The number of aliphatic hydroxyl groups is 1. The highest BCUT2D eigenvalue weighted by atomic mass is 16.3. The van der Waals surface area contributed by atoms with Crippen LogP contribution in [-0.4, -0.2) is 11.1 Å². The summed E-state index contributed by atoms with van der Waals surface area (Å²) in [6.45, 7) is 7.80. The van der Waals surface area contributed by atoms with E-state index in [2.05, 4.69) is 38.2 Å². The van der Waals surface area contributed by atoms with Crippen LogP contribution in [0.1, 0.15) is 44.7 Å². The van der Waals surface area contributed by atoms with E-state index in [1.165, 1.54) is 18.4 Å². The second-order valence-electron chi connectivity index (χ2n) is 5.23. The van der Waals surface area contributed by atoms with E-state index in [4.69, 9.17) is 5.11 Å². The third-order valence-electron chi connectivity index (χ3n) is 3.04. The summed E-state index contributed by atoms with van der Waals surface area (Å²) in [5.74, 6) is 0.781. The van der Waals surface area contributed by atoms with Crippen LogP contribution in [0.25, 0.3) is 0 Å². The van der Waals surface area contributed by atoms with Crippen LogP contribution in [0.2, 0.25) is 0 Å². The molecule has 0 spiro atoms. The zero-order chi connectivity index (χ0) is 12.7. The van der Waals surface area contributed by atoms with Crippen LogP contribution in [0.5, 0.6) is 0 Å². The van der Waals surface area contributed by atoms with Gasteiger partial charge in [-0.3, -0.25) is 0 Å². The molecule has 1 aromatic rings. The van der Waals surface area contributed by atoms with Crippen molar-refractivity contribution in [2.24, 2.45) is 5.92 Å². The first kappa shape index (κ1) is 14.2. The summed E-state index contributed by atoms with van der Waals surface area (Å²) in [6, 6.07) is 8.68. The van der Waals surface area contributed by atoms with E-state index in [0.717, 1.165) is 18.0 Å². The van der Waals surface area contributed by atoms with Crippen LogP contribution >= 0.6 is 0 Å². The summed E-state index contributed by atoms with van der Waals surface area (Å²) in [5.41, 5.74) is 2.25. The molecule has 0 heterocycles. The average molecular weight is 235 g/mol. The predicted octanol–water partition coefficient (Wildman–Crippen LogP) is 3.09. The first-order chi connectivity index (χ1) is 8.11. The molecular formula is C15H25NO. The minimum absolute atomic E-state index is 0.124. The number of nitrogens with one attached hydrogen (secondary N) is 1. The fraction of sp³-hybridized carbons (Fsp3) is 0.600. The fourth-order valence-electron chi connectivity index (χ4n) is 1.74. The van der Waals surface area contributed by atoms with Crippen molar-refractivity contribution < 1.29 is 5.11 Å². The molecule has 96 valence electrons. The molecule has 0 amide bonds. The fourth-order valence-corrected chi connectivity index (χ4v) is 1.74. The Hall–Kier alpha value is -0.860. The summed E-state index contributed by atoms with van der Waals surface area (Å²) < 4.78 is 0. The second kappa shape index (κ2) is 7.46. The van der Waals surface area contributed by atoms with E-state index in [9.17, 15) is 0 Å². The second-order valence-corrected chi connectivity index (χ2v) is 5.23. The molecule has 0 aliphatic carbocycles. The topological polar surface area (TPSA) is 32.3 Å². The van der Waals surface area contributed by atoms with Gasteiger partial charge >= 0.3 is 0 Å². The molecule has 0 aliphatic heterocycles. The molecule has 0 aromatic heterocycles. The molecule has 17 heavy (non-hydrogen) atoms. The predicted molar refractivity (Wildman–Crippen MR) is 72.7 cm³/mol. The van der Waals surface area contributed by atoms with Gasteiger partial charge in [0.25, 0.3) is 0 Å². The smallest absolute Gasteiger partial charge is 0.0681 e. The summed E-state index contributed by atoms with van der Waals surface area (Å²) in [7, 11) is 0. The number of hydrogen-bond acceptors (Lipinski definition) is 2. The lowest BCUT2D eigenvalue weighted by atomic mass is 10.0. The van der Waals surface area contributed by atoms with Crippen molar-refractivity contribution in [3.63, 3.8) is 0 Å². The SMILES string of the molecule is CC(C)CCC(C)NCc1ccc(CO)cc1. The number of rotatable bonds is 7. The highest BCUT2D eigenvalue weighted by molar-refractivity contribution is 5.21. The van der Waals surface area contributed by atoms with Gasteiger partial charge in [0, 0.05) is 12.6 Å². The minimum Gasteiger partial charge on any atom is -0.392 e. The first-order valence-electron chi connectivity index (χ1n) is 6.54. The minimum atomic E-state index is 0.124. The van der Waals surface area contributed by atoms with E-state index < -0.39 is 0 Å². The Morgan fingerprint density at radius 2 is 1.59 bits per heavy atom. The molecule has 1 aromatic carbocycles. The molecule has 0 saturated carbocycles. The van der Waals surface area contributed by atoms with Crippen molar-refractivity contribution in [1.82, 2.24) is 5.32 Å². The van der Waals surface area contributed by atoms with Crippen LogP contribution in [0.15, 0.2) is 24.3 Å². The Bertz CT molecular complexity index is 305. The molecule has 0 radical (unpaired) electrons. The van der Waals surface area contributed by atoms with Gasteiger partial charge in [-0.1, -0.05) is 38.1 Å². The maximum Gasteiger partial charge on any atom is 0.0681 e. The molecule has 1 unspecified atom stereocenters. The van der Waals surface area contributed by atoms with Crippen molar-refractivity contribution in [1.29, 1.82) is 0 Å². The normalized spacial score (nSPS) is 13.0. The molecule has 2 nitrogen and oxygen atoms in total. The number of hydrogen-bond donors (Lipinski definition) is 2. The van der Waals surface area contributed by atoms with Crippen molar-refractivity contribution in [2.75, 3.05) is 0 Å². The zero-order valence-corrected chi connectivity index (χ0v) is 11.2. The van der Waals surface area contributed by atoms with Crippen molar-refractivity contribution in [3.8, 4) is 0 Å². The van der Waals surface area contributed by atoms with Crippen LogP contribution in [0, 0.1) is 5.92 Å². The summed E-state index contributed by atoms with van der Waals surface area (Å²) in [4.78, 5) is 0. The van der Waals surface area contributed by atoms with Gasteiger partial charge < -0.3 is 10.4 Å². The molecule has 1 rings (SSSR count). The highest BCUT2D eigenvalue weighted by Gasteiger charge is 2.03. The third-order valence-corrected chi connectivity index (χ3v) is 3.04. The Kier molecular flexibility index (Phi) is 6.23. The molecule has 2 N–H and O–H groups in total. The van der Waals surface area contributed by atoms with Gasteiger partial charge in [0.2, 0.25) is 0 Å². The van der Waals surface area contributed by atoms with Gasteiger partial charge in [0.05, 0.1) is 6.61 Å². The van der Waals surface area contributed by atoms with Crippen molar-refractivity contribution in [2.45, 2.75) is 52.8 Å². The largest absolute Gasteiger partial charge is 0.392 e. The monoisotopic (exact) mass is 235 g/mol. The lowest BCUT2D eigenvalue weighted by Crippen LogP contribution is -2.25. The van der Waals surface area contributed by atoms with E-state index in [1.807, 2.05) is 12.1 Å². The van der Waals surface area contributed by atoms with Crippen molar-refractivity contribution >= 4 is 0 Å². The Morgan fingerprint density at radius 3 is 2.12 bits per heavy atom. The number of aliphatic hydroxyl groups excluding tert-OH is 1. The summed E-state index contributed by atoms with van der Waals surface area (Å²) >= 11 is 0. The van der Waals surface area contributed by atoms with Crippen LogP contribution in [0.4, 0.5) is 0 Å². The van der Waals surface area contributed by atoms with E-state index in [0.29, 0.717) is 6.04 Å². The summed E-state index contributed by atoms with van der Waals surface area (Å²) in [5, 5.41) is 12.5. The zero-order valence-electron chi connectivity index (χ0n) is 11.2. The average Bonchev–Trinajstić information content (AvgIpc) is 2.34. The molecule has 0 saturated heterocycles. The molecule has 0 aliphatic rings. The molecular weight excluding hydrogens is 210 g/mol. The van der Waals surface area contributed by atoms with E-state index >= 15 is 0 Å². The Balaban J connectivity index is 2.29. The van der Waals surface area contributed by atoms with Crippen molar-refractivity contribution in [3.05, 3.63) is 35.4 Å². The maximum absolute atomic E-state index is 8.95. The van der Waals surface area contributed by atoms with Crippen LogP contribution in [0.3, 0.4) is 0 Å². The van der Waals surface area contributed by atoms with Gasteiger partial charge in [-0.2, -0.15) is 0 Å². The Morgan fingerprint density at radius 1 is 1.00 bits per heavy atom. The lowest BCUT2D eigenvalue weighted by Gasteiger charge is -2.15. The third kappa shape index (κ3) is 5.85. The van der Waals surface area contributed by atoms with Gasteiger partial charge in [-0.15, -0.1) is 0 Å². The lowest BCUT2D eigenvalue weighted by molar-refractivity contribution is 0.282. The van der Waals surface area contributed by atoms with Gasteiger partial charge in [0.15, 0.2) is 0 Å². The first-order valence-corrected chi connectivity index (χ1v) is 6.54. The quantitative estimate of drug-likeness (QED) is 0.761. The van der Waals surface area contributed by atoms with Gasteiger partial charge in [-0.05, 0) is 36.8 Å². The van der Waals surface area contributed by atoms with E-state index in [1.54, 1.807) is 0 Å². The molecule has 2 heteroatoms. The Labute approximate surface area is 105 Å². The van der Waals surface area contributed by atoms with Gasteiger partial charge in [-0.25, -0.2) is 0 Å². The standard InChI is InChI=1S/C15H25NO/c1-12(2)4-5-13(3)16-10-14-6-8-15(11-17)9-7-14/h6-9,12-13,16-17H,4-5,10-11H2,1-3H3. The van der Waals surface area contributed by atoms with Gasteiger partial charge in [0.1, 0.15) is 0 Å². The molecule has 0 fully saturated rings. The maximum atomic E-state index is 8.95. The highest BCUT2D eigenvalue weighted by Crippen LogP contribution is 2.08. The van der Waals surface area contributed by atoms with Crippen LogP contribution < -0.4 is 5.32 Å². The van der Waals surface area contributed by atoms with Crippen LogP contribution in [-0.2, 0) is 13.2 Å². The molecule has 1 atom stereocenters. The molecule has 0 bridgehead atoms. The summed E-state index contributed by atoms with van der Waals surface area (Å²) in [6.07, 6.45) is 2.50. The number of benzene rings is 1.